The second-order valence-corrected chi connectivity index (χ2v) is 7.03. The fourth-order valence-corrected chi connectivity index (χ4v) is 3.31. The fraction of sp³-hybridized carbons (Fsp3) is 0.235. The molecule has 0 aliphatic rings. The number of benzene rings is 1. The van der Waals surface area contributed by atoms with E-state index in [1.807, 2.05) is 0 Å². The van der Waals surface area contributed by atoms with Crippen LogP contribution in [-0.2, 0) is 18.4 Å². The number of carbonyl (C=O) groups excluding carboxylic acids is 1. The topological polar surface area (TPSA) is 143 Å². The van der Waals surface area contributed by atoms with Gasteiger partial charge in [0.15, 0.2) is 10.9 Å². The quantitative estimate of drug-likeness (QED) is 0.322. The molecule has 28 heavy (non-hydrogen) atoms. The number of nitrogens with zero attached hydrogens (tertiary/aromatic N) is 3. The summed E-state index contributed by atoms with van der Waals surface area (Å²) in [4.78, 5) is 41.3. The summed E-state index contributed by atoms with van der Waals surface area (Å²) in [5.41, 5.74) is 1.52. The van der Waals surface area contributed by atoms with Crippen molar-refractivity contribution < 1.29 is 14.8 Å². The summed E-state index contributed by atoms with van der Waals surface area (Å²) >= 11 is 1.14. The Balaban J connectivity index is 1.63. The van der Waals surface area contributed by atoms with Crippen LogP contribution in [0, 0.1) is 17.0 Å². The van der Waals surface area contributed by atoms with Crippen LogP contribution in [0.4, 0.5) is 5.69 Å². The SMILES string of the molecule is Cc1cc(=O)c(O)c(CNC(=O)CSc2nc3ccc([N+](=O)[O-])cc3[nH]2)n1C. The van der Waals surface area contributed by atoms with Crippen molar-refractivity contribution in [3.8, 4) is 5.75 Å². The number of hydrogen-bond donors (Lipinski definition) is 3. The highest BCUT2D eigenvalue weighted by atomic mass is 32.2. The minimum Gasteiger partial charge on any atom is -0.503 e. The summed E-state index contributed by atoms with van der Waals surface area (Å²) in [5, 5.41) is 23.8. The Bertz CT molecular complexity index is 1140. The third kappa shape index (κ3) is 3.98. The van der Waals surface area contributed by atoms with Gasteiger partial charge in [-0.05, 0) is 13.0 Å². The van der Waals surface area contributed by atoms with Gasteiger partial charge < -0.3 is 20.0 Å². The maximum absolute atomic E-state index is 12.1. The second kappa shape index (κ2) is 7.72. The van der Waals surface area contributed by atoms with Crippen LogP contribution >= 0.6 is 11.8 Å². The van der Waals surface area contributed by atoms with E-state index in [1.54, 1.807) is 18.5 Å². The van der Waals surface area contributed by atoms with Crippen LogP contribution in [0.15, 0.2) is 34.2 Å². The van der Waals surface area contributed by atoms with Crippen LogP contribution < -0.4 is 10.7 Å². The maximum Gasteiger partial charge on any atom is 0.271 e. The highest BCUT2D eigenvalue weighted by Crippen LogP contribution is 2.23. The van der Waals surface area contributed by atoms with E-state index in [0.29, 0.717) is 27.6 Å². The molecule has 0 spiro atoms. The van der Waals surface area contributed by atoms with Gasteiger partial charge in [0, 0.05) is 30.9 Å². The summed E-state index contributed by atoms with van der Waals surface area (Å²) in [6.45, 7) is 1.74. The van der Waals surface area contributed by atoms with Crippen LogP contribution in [0.5, 0.6) is 5.75 Å². The van der Waals surface area contributed by atoms with Crippen LogP contribution in [0.2, 0.25) is 0 Å². The van der Waals surface area contributed by atoms with Gasteiger partial charge in [-0.3, -0.25) is 19.7 Å². The molecule has 3 aromatic rings. The molecule has 2 aromatic heterocycles. The molecule has 0 fully saturated rings. The number of hydrogen-bond acceptors (Lipinski definition) is 7. The third-order valence-electron chi connectivity index (χ3n) is 4.23. The van der Waals surface area contributed by atoms with E-state index in [9.17, 15) is 24.8 Å². The largest absolute Gasteiger partial charge is 0.503 e. The van der Waals surface area contributed by atoms with Crippen LogP contribution in [-0.4, -0.2) is 36.2 Å². The van der Waals surface area contributed by atoms with Gasteiger partial charge >= 0.3 is 0 Å². The standard InChI is InChI=1S/C17H17N5O5S/c1-9-5-14(23)16(25)13(21(9)2)7-18-15(24)8-28-17-19-11-4-3-10(22(26)27)6-12(11)20-17/h3-6,25H,7-8H2,1-2H3,(H,18,24)(H,19,20). The van der Waals surface area contributed by atoms with Gasteiger partial charge in [-0.25, -0.2) is 4.98 Å². The predicted octanol–water partition coefficient (Wildman–Crippen LogP) is 1.59. The van der Waals surface area contributed by atoms with Crippen LogP contribution in [0.1, 0.15) is 11.4 Å². The van der Waals surface area contributed by atoms with E-state index in [2.05, 4.69) is 15.3 Å². The highest BCUT2D eigenvalue weighted by molar-refractivity contribution is 7.99. The van der Waals surface area contributed by atoms with E-state index in [1.165, 1.54) is 24.3 Å². The minimum atomic E-state index is -0.495. The Morgan fingerprint density at radius 1 is 1.43 bits per heavy atom. The van der Waals surface area contributed by atoms with Gasteiger partial charge in [-0.1, -0.05) is 11.8 Å². The molecule has 2 heterocycles. The number of thioether (sulfide) groups is 1. The number of amides is 1. The molecule has 146 valence electrons. The predicted molar refractivity (Wildman–Crippen MR) is 103 cm³/mol. The molecule has 11 heteroatoms. The maximum atomic E-state index is 12.1. The number of non-ortho nitro benzene ring substituents is 1. The van der Waals surface area contributed by atoms with Crippen molar-refractivity contribution in [2.75, 3.05) is 5.75 Å². The molecule has 0 aliphatic carbocycles. The number of nitro benzene ring substituents is 1. The second-order valence-electron chi connectivity index (χ2n) is 6.07. The van der Waals surface area contributed by atoms with E-state index in [0.717, 1.165) is 11.8 Å². The van der Waals surface area contributed by atoms with Gasteiger partial charge in [0.25, 0.3) is 5.69 Å². The van der Waals surface area contributed by atoms with Gasteiger partial charge in [0.05, 0.1) is 33.9 Å². The summed E-state index contributed by atoms with van der Waals surface area (Å²) in [6.07, 6.45) is 0. The summed E-state index contributed by atoms with van der Waals surface area (Å²) in [5.74, 6) is -0.660. The lowest BCUT2D eigenvalue weighted by molar-refractivity contribution is -0.384. The Kier molecular flexibility index (Phi) is 5.36. The number of pyridine rings is 1. The zero-order valence-corrected chi connectivity index (χ0v) is 15.9. The molecule has 3 rings (SSSR count). The number of aromatic amines is 1. The van der Waals surface area contributed by atoms with Crippen molar-refractivity contribution in [2.24, 2.45) is 7.05 Å². The summed E-state index contributed by atoms with van der Waals surface area (Å²) in [7, 11) is 1.69. The number of nitro groups is 1. The number of carbonyl (C=O) groups is 1. The number of aromatic nitrogens is 3. The molecule has 0 saturated carbocycles. The summed E-state index contributed by atoms with van der Waals surface area (Å²) in [6, 6.07) is 5.61. The average Bonchev–Trinajstić information content (AvgIpc) is 3.06. The van der Waals surface area contributed by atoms with Gasteiger partial charge in [-0.2, -0.15) is 0 Å². The molecule has 0 unspecified atom stereocenters. The molecular formula is C17H17N5O5S. The zero-order chi connectivity index (χ0) is 20.4. The van der Waals surface area contributed by atoms with E-state index >= 15 is 0 Å². The number of rotatable bonds is 6. The van der Waals surface area contributed by atoms with Crippen LogP contribution in [0.25, 0.3) is 11.0 Å². The van der Waals surface area contributed by atoms with Crippen molar-refractivity contribution in [1.29, 1.82) is 0 Å². The van der Waals surface area contributed by atoms with Crippen molar-refractivity contribution in [1.82, 2.24) is 19.9 Å². The molecule has 0 atom stereocenters. The molecule has 3 N–H and O–H groups in total. The number of imidazole rings is 1. The molecule has 1 amide bonds. The Morgan fingerprint density at radius 2 is 2.18 bits per heavy atom. The molecule has 0 bridgehead atoms. The lowest BCUT2D eigenvalue weighted by Gasteiger charge is -2.14. The summed E-state index contributed by atoms with van der Waals surface area (Å²) < 4.78 is 1.64. The van der Waals surface area contributed by atoms with Crippen LogP contribution in [0.3, 0.4) is 0 Å². The highest BCUT2D eigenvalue weighted by Gasteiger charge is 2.14. The van der Waals surface area contributed by atoms with E-state index in [-0.39, 0.29) is 29.6 Å². The first-order valence-electron chi connectivity index (χ1n) is 8.18. The fourth-order valence-electron chi connectivity index (χ4n) is 2.59. The van der Waals surface area contributed by atoms with Gasteiger partial charge in [0.1, 0.15) is 0 Å². The Morgan fingerprint density at radius 3 is 2.89 bits per heavy atom. The number of nitrogens with one attached hydrogen (secondary N) is 2. The first kappa shape index (κ1) is 19.4. The van der Waals surface area contributed by atoms with Crippen molar-refractivity contribution in [3.63, 3.8) is 0 Å². The number of aryl methyl sites for hydroxylation is 1. The minimum absolute atomic E-state index is 0.00493. The van der Waals surface area contributed by atoms with Crippen molar-refractivity contribution in [3.05, 3.63) is 56.0 Å². The van der Waals surface area contributed by atoms with Gasteiger partial charge in [0.2, 0.25) is 11.3 Å². The van der Waals surface area contributed by atoms with E-state index in [4.69, 9.17) is 0 Å². The zero-order valence-electron chi connectivity index (χ0n) is 15.1. The number of fused-ring (bicyclic) bond motifs is 1. The average molecular weight is 403 g/mol. The molecule has 1 aromatic carbocycles. The molecule has 10 nitrogen and oxygen atoms in total. The monoisotopic (exact) mass is 403 g/mol. The normalized spacial score (nSPS) is 10.9. The molecular weight excluding hydrogens is 386 g/mol. The molecule has 0 saturated heterocycles. The number of aromatic hydroxyl groups is 1. The number of H-pyrrole nitrogens is 1. The van der Waals surface area contributed by atoms with E-state index < -0.39 is 10.4 Å². The lowest BCUT2D eigenvalue weighted by Crippen LogP contribution is -2.27. The Labute approximate surface area is 162 Å². The lowest BCUT2D eigenvalue weighted by atomic mass is 10.2. The Hall–Kier alpha value is -3.34. The third-order valence-corrected chi connectivity index (χ3v) is 5.10. The molecule has 0 radical (unpaired) electrons. The van der Waals surface area contributed by atoms with Crippen molar-refractivity contribution in [2.45, 2.75) is 18.6 Å². The molecule has 0 aliphatic heterocycles. The van der Waals surface area contributed by atoms with Crippen molar-refractivity contribution >= 4 is 34.4 Å². The first-order chi connectivity index (χ1) is 13.3. The van der Waals surface area contributed by atoms with Gasteiger partial charge in [-0.15, -0.1) is 0 Å². The first-order valence-corrected chi connectivity index (χ1v) is 9.17. The smallest absolute Gasteiger partial charge is 0.271 e.